The van der Waals surface area contributed by atoms with Crippen LogP contribution in [0.5, 0.6) is 0 Å². The first-order valence-electron chi connectivity index (χ1n) is 3.76. The molecule has 0 aliphatic rings. The van der Waals surface area contributed by atoms with Crippen molar-refractivity contribution in [3.8, 4) is 0 Å². The molecule has 0 atom stereocenters. The second-order valence-corrected chi connectivity index (χ2v) is 2.19. The lowest BCUT2D eigenvalue weighted by Gasteiger charge is -1.97. The molecule has 0 aliphatic heterocycles. The van der Waals surface area contributed by atoms with Crippen LogP contribution < -0.4 is 11.1 Å². The van der Waals surface area contributed by atoms with Gasteiger partial charge in [0.25, 0.3) is 0 Å². The van der Waals surface area contributed by atoms with E-state index in [0.717, 1.165) is 19.5 Å². The minimum Gasteiger partial charge on any atom is -0.376 e. The average molecular weight is 143 g/mol. The number of rotatable bonds is 6. The maximum absolute atomic E-state index is 5.32. The Hall–Kier alpha value is -0.570. The minimum atomic E-state index is 0.807. The van der Waals surface area contributed by atoms with Gasteiger partial charge >= 0.3 is 0 Å². The molecule has 0 saturated carbocycles. The fourth-order valence-electron chi connectivity index (χ4n) is 0.704. The van der Waals surface area contributed by atoms with Crippen LogP contribution in [0.2, 0.25) is 0 Å². The molecular formula is C7H17N3. The summed E-state index contributed by atoms with van der Waals surface area (Å²) in [6.45, 7) is 1.82. The van der Waals surface area contributed by atoms with Crippen LogP contribution in [0.15, 0.2) is 4.99 Å². The molecule has 0 saturated heterocycles. The predicted octanol–water partition coefficient (Wildman–Crippen LogP) is 0.363. The standard InChI is InChI=1S/C7H17N3/c1-9-7-10-6-4-2-3-5-8/h7H,2-6,8H2,1H3,(H,9,10). The zero-order valence-corrected chi connectivity index (χ0v) is 6.64. The van der Waals surface area contributed by atoms with E-state index >= 15 is 0 Å². The molecule has 3 nitrogen and oxygen atoms in total. The van der Waals surface area contributed by atoms with E-state index < -0.39 is 0 Å². The van der Waals surface area contributed by atoms with Crippen molar-refractivity contribution in [1.29, 1.82) is 0 Å². The molecule has 0 radical (unpaired) electrons. The van der Waals surface area contributed by atoms with Crippen LogP contribution in [0.25, 0.3) is 0 Å². The van der Waals surface area contributed by atoms with Crippen LogP contribution in [-0.2, 0) is 0 Å². The Morgan fingerprint density at radius 1 is 1.40 bits per heavy atom. The number of hydrogen-bond donors (Lipinski definition) is 2. The molecule has 0 heterocycles. The van der Waals surface area contributed by atoms with Crippen LogP contribution in [-0.4, -0.2) is 26.5 Å². The van der Waals surface area contributed by atoms with Crippen molar-refractivity contribution in [2.24, 2.45) is 10.7 Å². The van der Waals surface area contributed by atoms with Crippen LogP contribution in [0, 0.1) is 0 Å². The Morgan fingerprint density at radius 2 is 2.20 bits per heavy atom. The molecule has 0 aliphatic carbocycles. The Bertz CT molecular complexity index is 80.9. The summed E-state index contributed by atoms with van der Waals surface area (Å²) in [6, 6.07) is 0. The van der Waals surface area contributed by atoms with Gasteiger partial charge in [0.05, 0.1) is 6.34 Å². The van der Waals surface area contributed by atoms with Crippen molar-refractivity contribution in [3.05, 3.63) is 0 Å². The van der Waals surface area contributed by atoms with Crippen LogP contribution >= 0.6 is 0 Å². The molecule has 0 aromatic carbocycles. The molecular weight excluding hydrogens is 126 g/mol. The third-order valence-corrected chi connectivity index (χ3v) is 1.25. The Kier molecular flexibility index (Phi) is 7.95. The highest BCUT2D eigenvalue weighted by Crippen LogP contribution is 1.89. The molecule has 0 aromatic heterocycles. The Morgan fingerprint density at radius 3 is 2.80 bits per heavy atom. The largest absolute Gasteiger partial charge is 0.376 e. The molecule has 0 fully saturated rings. The Labute approximate surface area is 62.7 Å². The molecule has 3 heteroatoms. The topological polar surface area (TPSA) is 50.4 Å². The van der Waals surface area contributed by atoms with Crippen molar-refractivity contribution in [3.63, 3.8) is 0 Å². The third-order valence-electron chi connectivity index (χ3n) is 1.25. The van der Waals surface area contributed by atoms with Crippen LogP contribution in [0.1, 0.15) is 19.3 Å². The van der Waals surface area contributed by atoms with Gasteiger partial charge < -0.3 is 11.1 Å². The second-order valence-electron chi connectivity index (χ2n) is 2.19. The minimum absolute atomic E-state index is 0.807. The lowest BCUT2D eigenvalue weighted by molar-refractivity contribution is 0.674. The van der Waals surface area contributed by atoms with Crippen molar-refractivity contribution in [1.82, 2.24) is 5.32 Å². The number of nitrogens with two attached hydrogens (primary N) is 1. The fraction of sp³-hybridized carbons (Fsp3) is 0.857. The van der Waals surface area contributed by atoms with Gasteiger partial charge in [0.2, 0.25) is 0 Å². The summed E-state index contributed by atoms with van der Waals surface area (Å²) in [4.78, 5) is 3.79. The molecule has 0 unspecified atom stereocenters. The second kappa shape index (κ2) is 8.43. The van der Waals surface area contributed by atoms with Crippen molar-refractivity contribution in [2.75, 3.05) is 20.1 Å². The lowest BCUT2D eigenvalue weighted by Crippen LogP contribution is -2.12. The molecule has 0 bridgehead atoms. The van der Waals surface area contributed by atoms with Gasteiger partial charge in [-0.1, -0.05) is 6.42 Å². The summed E-state index contributed by atoms with van der Waals surface area (Å²) in [5.74, 6) is 0. The zero-order chi connectivity index (χ0) is 7.66. The monoisotopic (exact) mass is 143 g/mol. The molecule has 60 valence electrons. The van der Waals surface area contributed by atoms with Crippen LogP contribution in [0.3, 0.4) is 0 Å². The number of nitrogens with one attached hydrogen (secondary N) is 1. The average Bonchev–Trinajstić information content (AvgIpc) is 1.97. The quantitative estimate of drug-likeness (QED) is 0.320. The highest BCUT2D eigenvalue weighted by Gasteiger charge is 1.83. The van der Waals surface area contributed by atoms with Gasteiger partial charge in [0.15, 0.2) is 0 Å². The van der Waals surface area contributed by atoms with Crippen LogP contribution in [0.4, 0.5) is 0 Å². The summed E-state index contributed by atoms with van der Waals surface area (Å²) >= 11 is 0. The normalized spacial score (nSPS) is 10.6. The van der Waals surface area contributed by atoms with Gasteiger partial charge in [0.1, 0.15) is 0 Å². The van der Waals surface area contributed by atoms with Crippen molar-refractivity contribution >= 4 is 6.34 Å². The van der Waals surface area contributed by atoms with Gasteiger partial charge in [-0.25, -0.2) is 0 Å². The summed E-state index contributed by atoms with van der Waals surface area (Å²) in [6.07, 6.45) is 5.25. The highest BCUT2D eigenvalue weighted by atomic mass is 14.9. The summed E-state index contributed by atoms with van der Waals surface area (Å²) in [5, 5.41) is 3.06. The Balaban J connectivity index is 2.77. The van der Waals surface area contributed by atoms with E-state index in [1.807, 2.05) is 0 Å². The smallest absolute Gasteiger partial charge is 0.0820 e. The first kappa shape index (κ1) is 9.43. The van der Waals surface area contributed by atoms with Gasteiger partial charge in [-0.3, -0.25) is 4.99 Å². The fourth-order valence-corrected chi connectivity index (χ4v) is 0.704. The van der Waals surface area contributed by atoms with Gasteiger partial charge in [-0.15, -0.1) is 0 Å². The van der Waals surface area contributed by atoms with E-state index in [2.05, 4.69) is 10.3 Å². The molecule has 0 spiro atoms. The highest BCUT2D eigenvalue weighted by molar-refractivity contribution is 5.53. The van der Waals surface area contributed by atoms with E-state index in [1.165, 1.54) is 12.8 Å². The lowest BCUT2D eigenvalue weighted by atomic mass is 10.2. The van der Waals surface area contributed by atoms with E-state index in [0.29, 0.717) is 0 Å². The van der Waals surface area contributed by atoms with Gasteiger partial charge in [-0.2, -0.15) is 0 Å². The summed E-state index contributed by atoms with van der Waals surface area (Å²) in [7, 11) is 1.76. The molecule has 0 aromatic rings. The van der Waals surface area contributed by atoms with Gasteiger partial charge in [0, 0.05) is 13.6 Å². The molecule has 0 amide bonds. The first-order valence-corrected chi connectivity index (χ1v) is 3.76. The zero-order valence-electron chi connectivity index (χ0n) is 6.64. The maximum atomic E-state index is 5.32. The van der Waals surface area contributed by atoms with E-state index in [9.17, 15) is 0 Å². The van der Waals surface area contributed by atoms with Gasteiger partial charge in [-0.05, 0) is 19.4 Å². The summed E-state index contributed by atoms with van der Waals surface area (Å²) < 4.78 is 0. The maximum Gasteiger partial charge on any atom is 0.0820 e. The molecule has 3 N–H and O–H groups in total. The van der Waals surface area contributed by atoms with E-state index in [4.69, 9.17) is 5.73 Å². The van der Waals surface area contributed by atoms with Crippen molar-refractivity contribution < 1.29 is 0 Å². The number of aliphatic imine (C=N–C) groups is 1. The molecule has 10 heavy (non-hydrogen) atoms. The van der Waals surface area contributed by atoms with Crippen molar-refractivity contribution in [2.45, 2.75) is 19.3 Å². The number of hydrogen-bond acceptors (Lipinski definition) is 2. The SMILES string of the molecule is CN=CNCCCCCN. The first-order chi connectivity index (χ1) is 4.91. The number of unbranched alkanes of at least 4 members (excludes halogenated alkanes) is 2. The summed E-state index contributed by atoms with van der Waals surface area (Å²) in [5.41, 5.74) is 5.32. The third kappa shape index (κ3) is 7.43. The van der Waals surface area contributed by atoms with E-state index in [-0.39, 0.29) is 0 Å². The van der Waals surface area contributed by atoms with E-state index in [1.54, 1.807) is 13.4 Å². The molecule has 0 rings (SSSR count). The predicted molar refractivity (Wildman–Crippen MR) is 45.3 cm³/mol. The number of nitrogens with zero attached hydrogens (tertiary/aromatic N) is 1.